The van der Waals surface area contributed by atoms with E-state index in [1.54, 1.807) is 17.2 Å². The van der Waals surface area contributed by atoms with Crippen LogP contribution >= 0.6 is 0 Å². The van der Waals surface area contributed by atoms with Gasteiger partial charge in [0, 0.05) is 17.7 Å². The summed E-state index contributed by atoms with van der Waals surface area (Å²) in [5.41, 5.74) is 4.40. The molecule has 0 aromatic heterocycles. The van der Waals surface area contributed by atoms with Crippen LogP contribution in [0.3, 0.4) is 0 Å². The summed E-state index contributed by atoms with van der Waals surface area (Å²) >= 11 is 0. The molecule has 0 radical (unpaired) electrons. The van der Waals surface area contributed by atoms with Crippen molar-refractivity contribution >= 4 is 6.21 Å². The first-order chi connectivity index (χ1) is 10.8. The summed E-state index contributed by atoms with van der Waals surface area (Å²) in [5, 5.41) is 9.93. The summed E-state index contributed by atoms with van der Waals surface area (Å²) in [4.78, 5) is 4.97. The molecule has 3 aliphatic rings. The van der Waals surface area contributed by atoms with E-state index in [-0.39, 0.29) is 0 Å². The number of hydrogen-bond acceptors (Lipinski definition) is 2. The van der Waals surface area contributed by atoms with Gasteiger partial charge in [0.2, 0.25) is 0 Å². The molecule has 3 aliphatic carbocycles. The maximum absolute atomic E-state index is 9.93. The summed E-state index contributed by atoms with van der Waals surface area (Å²) < 4.78 is 0. The third kappa shape index (κ3) is 2.49. The van der Waals surface area contributed by atoms with E-state index in [0.29, 0.717) is 17.7 Å². The molecule has 1 aromatic rings. The quantitative estimate of drug-likeness (QED) is 0.612. The number of para-hydroxylation sites is 1. The highest BCUT2D eigenvalue weighted by Crippen LogP contribution is 2.49. The maximum atomic E-state index is 9.93. The number of aromatic hydroxyl groups is 1. The van der Waals surface area contributed by atoms with Gasteiger partial charge in [0.05, 0.1) is 6.04 Å². The molecule has 4 rings (SSSR count). The van der Waals surface area contributed by atoms with E-state index >= 15 is 0 Å². The minimum atomic E-state index is 0.338. The highest BCUT2D eigenvalue weighted by molar-refractivity contribution is 5.83. The van der Waals surface area contributed by atoms with E-state index in [2.05, 4.69) is 0 Å². The van der Waals surface area contributed by atoms with Gasteiger partial charge >= 0.3 is 0 Å². The van der Waals surface area contributed by atoms with E-state index < -0.39 is 0 Å². The van der Waals surface area contributed by atoms with Crippen molar-refractivity contribution < 1.29 is 5.11 Å². The average molecular weight is 295 g/mol. The Morgan fingerprint density at radius 1 is 1.05 bits per heavy atom. The van der Waals surface area contributed by atoms with Gasteiger partial charge in [-0.2, -0.15) is 0 Å². The molecule has 2 nitrogen and oxygen atoms in total. The van der Waals surface area contributed by atoms with Crippen LogP contribution in [0.5, 0.6) is 5.75 Å². The van der Waals surface area contributed by atoms with Crippen LogP contribution in [-0.4, -0.2) is 17.4 Å². The van der Waals surface area contributed by atoms with Crippen molar-refractivity contribution in [3.05, 3.63) is 41.0 Å². The van der Waals surface area contributed by atoms with Crippen LogP contribution in [0.15, 0.2) is 40.4 Å². The van der Waals surface area contributed by atoms with Crippen molar-refractivity contribution in [2.24, 2.45) is 16.8 Å². The van der Waals surface area contributed by atoms with Crippen LogP contribution in [0.1, 0.15) is 56.9 Å². The summed E-state index contributed by atoms with van der Waals surface area (Å²) in [6.07, 6.45) is 12.6. The molecule has 2 heteroatoms. The Labute approximate surface area is 133 Å². The van der Waals surface area contributed by atoms with E-state index in [1.807, 2.05) is 24.4 Å². The van der Waals surface area contributed by atoms with Gasteiger partial charge in [-0.15, -0.1) is 0 Å². The van der Waals surface area contributed by atoms with Crippen molar-refractivity contribution in [2.45, 2.75) is 57.4 Å². The first kappa shape index (κ1) is 14.0. The second-order valence-corrected chi connectivity index (χ2v) is 7.17. The largest absolute Gasteiger partial charge is 0.507 e. The monoisotopic (exact) mass is 295 g/mol. The number of phenolic OH excluding ortho intramolecular Hbond substituents is 1. The molecule has 0 saturated heterocycles. The molecule has 0 heterocycles. The lowest BCUT2D eigenvalue weighted by Gasteiger charge is -2.44. The van der Waals surface area contributed by atoms with Crippen molar-refractivity contribution in [2.75, 3.05) is 0 Å². The summed E-state index contributed by atoms with van der Waals surface area (Å²) in [5.74, 6) is 1.76. The van der Waals surface area contributed by atoms with Gasteiger partial charge in [-0.3, -0.25) is 4.99 Å². The predicted octanol–water partition coefficient (Wildman–Crippen LogP) is 4.87. The number of phenols is 1. The second-order valence-electron chi connectivity index (χ2n) is 7.17. The Bertz CT molecular complexity index is 616. The molecule has 0 amide bonds. The fraction of sp³-hybridized carbons (Fsp3) is 0.550. The minimum absolute atomic E-state index is 0.338. The van der Waals surface area contributed by atoms with Gasteiger partial charge in [0.1, 0.15) is 5.75 Å². The first-order valence-corrected chi connectivity index (χ1v) is 8.85. The molecular formula is C20H25NO. The smallest absolute Gasteiger partial charge is 0.124 e. The van der Waals surface area contributed by atoms with Crippen LogP contribution in [0.2, 0.25) is 0 Å². The molecule has 0 aliphatic heterocycles. The standard InChI is InChI=1S/C20H25NO/c22-19-11-4-2-7-16(19)13-21-20-15-8-5-10-18(20)17-9-3-1-6-14(17)12-15/h2,4,7,11,13,15,18,20,22H,1,3,5-6,8-10,12H2/t15-,18-,20+/m0/s1. The van der Waals surface area contributed by atoms with Gasteiger partial charge in [-0.05, 0) is 63.0 Å². The normalized spacial score (nSPS) is 31.4. The fourth-order valence-corrected chi connectivity index (χ4v) is 4.85. The maximum Gasteiger partial charge on any atom is 0.124 e. The molecule has 1 aromatic carbocycles. The van der Waals surface area contributed by atoms with Gasteiger partial charge in [0.25, 0.3) is 0 Å². The van der Waals surface area contributed by atoms with Gasteiger partial charge < -0.3 is 5.11 Å². The van der Waals surface area contributed by atoms with Gasteiger partial charge in [-0.25, -0.2) is 0 Å². The van der Waals surface area contributed by atoms with Crippen LogP contribution in [0.25, 0.3) is 0 Å². The van der Waals surface area contributed by atoms with E-state index in [1.165, 1.54) is 51.4 Å². The van der Waals surface area contributed by atoms with E-state index in [4.69, 9.17) is 4.99 Å². The Morgan fingerprint density at radius 2 is 1.91 bits per heavy atom. The summed E-state index contributed by atoms with van der Waals surface area (Å²) in [6.45, 7) is 0. The third-order valence-corrected chi connectivity index (χ3v) is 5.89. The number of hydrogen-bond donors (Lipinski definition) is 1. The zero-order valence-electron chi connectivity index (χ0n) is 13.2. The lowest BCUT2D eigenvalue weighted by atomic mass is 9.63. The second kappa shape index (κ2) is 5.91. The SMILES string of the molecule is Oc1ccccc1C=N[C@@H]1[C@H]2CCC[C@H]1C1=C(CCCC1)C2. The molecular weight excluding hydrogens is 270 g/mol. The van der Waals surface area contributed by atoms with Crippen molar-refractivity contribution in [1.82, 2.24) is 0 Å². The van der Waals surface area contributed by atoms with Crippen molar-refractivity contribution in [3.63, 3.8) is 0 Å². The Balaban J connectivity index is 1.62. The number of rotatable bonds is 2. The van der Waals surface area contributed by atoms with Crippen molar-refractivity contribution in [1.29, 1.82) is 0 Å². The predicted molar refractivity (Wildman–Crippen MR) is 90.4 cm³/mol. The molecule has 116 valence electrons. The molecule has 1 N–H and O–H groups in total. The summed E-state index contributed by atoms with van der Waals surface area (Å²) in [6, 6.07) is 7.96. The molecule has 1 saturated carbocycles. The molecule has 1 fully saturated rings. The molecule has 0 spiro atoms. The zero-order valence-corrected chi connectivity index (χ0v) is 13.2. The van der Waals surface area contributed by atoms with Crippen molar-refractivity contribution in [3.8, 4) is 5.75 Å². The Morgan fingerprint density at radius 3 is 2.82 bits per heavy atom. The van der Waals surface area contributed by atoms with Gasteiger partial charge in [0.15, 0.2) is 0 Å². The topological polar surface area (TPSA) is 32.6 Å². The average Bonchev–Trinajstić information content (AvgIpc) is 2.54. The molecule has 2 bridgehead atoms. The highest BCUT2D eigenvalue weighted by Gasteiger charge is 2.40. The van der Waals surface area contributed by atoms with E-state index in [9.17, 15) is 5.11 Å². The summed E-state index contributed by atoms with van der Waals surface area (Å²) in [7, 11) is 0. The Hall–Kier alpha value is -1.57. The third-order valence-electron chi connectivity index (χ3n) is 5.89. The number of nitrogens with zero attached hydrogens (tertiary/aromatic N) is 1. The number of allylic oxidation sites excluding steroid dienone is 1. The Kier molecular flexibility index (Phi) is 3.77. The zero-order chi connectivity index (χ0) is 14.9. The van der Waals surface area contributed by atoms with E-state index in [0.717, 1.165) is 11.5 Å². The lowest BCUT2D eigenvalue weighted by Crippen LogP contribution is -2.38. The molecule has 22 heavy (non-hydrogen) atoms. The van der Waals surface area contributed by atoms with Crippen LogP contribution in [0, 0.1) is 11.8 Å². The first-order valence-electron chi connectivity index (χ1n) is 8.85. The fourth-order valence-electron chi connectivity index (χ4n) is 4.85. The minimum Gasteiger partial charge on any atom is -0.507 e. The van der Waals surface area contributed by atoms with Crippen LogP contribution in [0.4, 0.5) is 0 Å². The highest BCUT2D eigenvalue weighted by atomic mass is 16.3. The number of fused-ring (bicyclic) bond motifs is 3. The number of aliphatic imine (C=N–C) groups is 1. The van der Waals surface area contributed by atoms with Crippen LogP contribution < -0.4 is 0 Å². The lowest BCUT2D eigenvalue weighted by molar-refractivity contribution is 0.215. The van der Waals surface area contributed by atoms with Gasteiger partial charge in [-0.1, -0.05) is 29.7 Å². The van der Waals surface area contributed by atoms with Crippen LogP contribution in [-0.2, 0) is 0 Å². The number of benzene rings is 1. The molecule has 3 atom stereocenters. The molecule has 0 unspecified atom stereocenters.